The molecule has 0 saturated carbocycles. The van der Waals surface area contributed by atoms with Crippen LogP contribution >= 0.6 is 0 Å². The fourth-order valence-electron chi connectivity index (χ4n) is 1.36. The number of benzene rings is 1. The number of ketones is 1. The molecule has 0 fully saturated rings. The summed E-state index contributed by atoms with van der Waals surface area (Å²) in [6.07, 6.45) is 0.216. The number of nitrogens with one attached hydrogen (secondary N) is 2. The Morgan fingerprint density at radius 3 is 2.17 bits per heavy atom. The lowest BCUT2D eigenvalue weighted by molar-refractivity contribution is -0.119. The van der Waals surface area contributed by atoms with Crippen molar-refractivity contribution in [1.82, 2.24) is 5.32 Å². The Morgan fingerprint density at radius 1 is 1.06 bits per heavy atom. The van der Waals surface area contributed by atoms with E-state index in [4.69, 9.17) is 0 Å². The van der Waals surface area contributed by atoms with Gasteiger partial charge in [-0.05, 0) is 31.2 Å². The standard InChI is InChI=1S/C13H16N2O3/c1-9(16)11-3-5-12(6-4-11)15-13(18)7-8-14-10(2)17/h3-6H,7-8H2,1-2H3,(H,14,17)(H,15,18). The molecule has 0 saturated heterocycles. The van der Waals surface area contributed by atoms with Gasteiger partial charge in [0.1, 0.15) is 0 Å². The highest BCUT2D eigenvalue weighted by Crippen LogP contribution is 2.10. The van der Waals surface area contributed by atoms with Gasteiger partial charge in [0.25, 0.3) is 0 Å². The van der Waals surface area contributed by atoms with E-state index in [1.807, 2.05) is 0 Å². The number of carbonyl (C=O) groups excluding carboxylic acids is 3. The molecule has 2 amide bonds. The first-order valence-electron chi connectivity index (χ1n) is 5.64. The summed E-state index contributed by atoms with van der Waals surface area (Å²) in [4.78, 5) is 33.2. The third kappa shape index (κ3) is 4.78. The highest BCUT2D eigenvalue weighted by Gasteiger charge is 2.03. The van der Waals surface area contributed by atoms with Crippen LogP contribution in [0.3, 0.4) is 0 Å². The smallest absolute Gasteiger partial charge is 0.226 e. The molecule has 0 radical (unpaired) electrons. The van der Waals surface area contributed by atoms with Gasteiger partial charge in [0.2, 0.25) is 11.8 Å². The second-order valence-electron chi connectivity index (χ2n) is 3.91. The number of carbonyl (C=O) groups is 3. The van der Waals surface area contributed by atoms with Crippen LogP contribution in [0.4, 0.5) is 5.69 Å². The molecular formula is C13H16N2O3. The highest BCUT2D eigenvalue weighted by molar-refractivity contribution is 5.95. The summed E-state index contributed by atoms with van der Waals surface area (Å²) in [5.74, 6) is -0.355. The minimum Gasteiger partial charge on any atom is -0.356 e. The maximum absolute atomic E-state index is 11.5. The Labute approximate surface area is 106 Å². The van der Waals surface area contributed by atoms with E-state index in [-0.39, 0.29) is 24.0 Å². The van der Waals surface area contributed by atoms with Gasteiger partial charge < -0.3 is 10.6 Å². The number of hydrogen-bond acceptors (Lipinski definition) is 3. The van der Waals surface area contributed by atoms with Crippen LogP contribution in [0.15, 0.2) is 24.3 Å². The summed E-state index contributed by atoms with van der Waals surface area (Å²) in [5, 5.41) is 5.22. The molecule has 0 heterocycles. The van der Waals surface area contributed by atoms with Crippen molar-refractivity contribution >= 4 is 23.3 Å². The molecule has 1 aromatic rings. The van der Waals surface area contributed by atoms with E-state index in [0.29, 0.717) is 17.8 Å². The minimum absolute atomic E-state index is 0.0152. The topological polar surface area (TPSA) is 75.3 Å². The summed E-state index contributed by atoms with van der Waals surface area (Å²) in [7, 11) is 0. The predicted molar refractivity (Wildman–Crippen MR) is 68.4 cm³/mol. The Hall–Kier alpha value is -2.17. The number of Topliss-reactive ketones (excluding diaryl/α,β-unsaturated/α-hetero) is 1. The Bertz CT molecular complexity index is 452. The zero-order valence-electron chi connectivity index (χ0n) is 10.4. The van der Waals surface area contributed by atoms with E-state index in [1.54, 1.807) is 24.3 Å². The zero-order chi connectivity index (χ0) is 13.5. The lowest BCUT2D eigenvalue weighted by Crippen LogP contribution is -2.25. The van der Waals surface area contributed by atoms with Crippen molar-refractivity contribution in [3.63, 3.8) is 0 Å². The van der Waals surface area contributed by atoms with Gasteiger partial charge in [0.15, 0.2) is 5.78 Å². The molecule has 18 heavy (non-hydrogen) atoms. The van der Waals surface area contributed by atoms with E-state index < -0.39 is 0 Å². The van der Waals surface area contributed by atoms with Gasteiger partial charge in [-0.15, -0.1) is 0 Å². The van der Waals surface area contributed by atoms with Crippen LogP contribution in [0.1, 0.15) is 30.6 Å². The van der Waals surface area contributed by atoms with Crippen LogP contribution in [0.2, 0.25) is 0 Å². The quantitative estimate of drug-likeness (QED) is 0.772. The van der Waals surface area contributed by atoms with Crippen molar-refractivity contribution in [2.75, 3.05) is 11.9 Å². The van der Waals surface area contributed by atoms with Crippen molar-refractivity contribution in [3.05, 3.63) is 29.8 Å². The lowest BCUT2D eigenvalue weighted by atomic mass is 10.1. The normalized spacial score (nSPS) is 9.67. The largest absolute Gasteiger partial charge is 0.356 e. The maximum Gasteiger partial charge on any atom is 0.226 e. The molecule has 5 heteroatoms. The molecule has 0 spiro atoms. The summed E-state index contributed by atoms with van der Waals surface area (Å²) in [6.45, 7) is 3.20. The third-order valence-corrected chi connectivity index (χ3v) is 2.30. The van der Waals surface area contributed by atoms with Crippen LogP contribution in [0, 0.1) is 0 Å². The highest BCUT2D eigenvalue weighted by atomic mass is 16.2. The molecule has 0 unspecified atom stereocenters. The summed E-state index contributed by atoms with van der Waals surface area (Å²) >= 11 is 0. The van der Waals surface area contributed by atoms with Gasteiger partial charge >= 0.3 is 0 Å². The fourth-order valence-corrected chi connectivity index (χ4v) is 1.36. The van der Waals surface area contributed by atoms with E-state index >= 15 is 0 Å². The molecule has 1 rings (SSSR count). The molecule has 0 bridgehead atoms. The van der Waals surface area contributed by atoms with Crippen LogP contribution in [0.25, 0.3) is 0 Å². The number of rotatable bonds is 5. The molecular weight excluding hydrogens is 232 g/mol. The number of hydrogen-bond donors (Lipinski definition) is 2. The van der Waals surface area contributed by atoms with Crippen LogP contribution in [-0.2, 0) is 9.59 Å². The Morgan fingerprint density at radius 2 is 1.67 bits per heavy atom. The first-order valence-corrected chi connectivity index (χ1v) is 5.64. The van der Waals surface area contributed by atoms with Gasteiger partial charge in [-0.25, -0.2) is 0 Å². The summed E-state index contributed by atoms with van der Waals surface area (Å²) in [5.41, 5.74) is 1.24. The van der Waals surface area contributed by atoms with E-state index in [0.717, 1.165) is 0 Å². The SMILES string of the molecule is CC(=O)NCCC(=O)Nc1ccc(C(C)=O)cc1. The van der Waals surface area contributed by atoms with Gasteiger partial charge in [-0.1, -0.05) is 0 Å². The Kier molecular flexibility index (Phi) is 5.05. The average molecular weight is 248 g/mol. The Balaban J connectivity index is 2.44. The summed E-state index contributed by atoms with van der Waals surface area (Å²) < 4.78 is 0. The maximum atomic E-state index is 11.5. The zero-order valence-corrected chi connectivity index (χ0v) is 10.4. The second kappa shape index (κ2) is 6.54. The van der Waals surface area contributed by atoms with Crippen LogP contribution in [0.5, 0.6) is 0 Å². The molecule has 0 aliphatic carbocycles. The van der Waals surface area contributed by atoms with Gasteiger partial charge in [-0.2, -0.15) is 0 Å². The van der Waals surface area contributed by atoms with Crippen LogP contribution in [-0.4, -0.2) is 24.1 Å². The van der Waals surface area contributed by atoms with Crippen molar-refractivity contribution in [2.24, 2.45) is 0 Å². The van der Waals surface area contributed by atoms with Gasteiger partial charge in [0, 0.05) is 31.1 Å². The second-order valence-corrected chi connectivity index (χ2v) is 3.91. The third-order valence-electron chi connectivity index (χ3n) is 2.30. The monoisotopic (exact) mass is 248 g/mol. The van der Waals surface area contributed by atoms with Crippen molar-refractivity contribution < 1.29 is 14.4 Å². The van der Waals surface area contributed by atoms with Gasteiger partial charge in [-0.3, -0.25) is 14.4 Å². The first-order chi connectivity index (χ1) is 8.49. The fraction of sp³-hybridized carbons (Fsp3) is 0.308. The molecule has 0 atom stereocenters. The average Bonchev–Trinajstić information content (AvgIpc) is 2.29. The molecule has 0 aliphatic heterocycles. The predicted octanol–water partition coefficient (Wildman–Crippen LogP) is 1.35. The first kappa shape index (κ1) is 13.9. The number of amides is 2. The molecule has 96 valence electrons. The van der Waals surface area contributed by atoms with E-state index in [2.05, 4.69) is 10.6 Å². The molecule has 2 N–H and O–H groups in total. The van der Waals surface area contributed by atoms with Gasteiger partial charge in [0.05, 0.1) is 0 Å². The van der Waals surface area contributed by atoms with Crippen molar-refractivity contribution in [3.8, 4) is 0 Å². The lowest BCUT2D eigenvalue weighted by Gasteiger charge is -2.06. The molecule has 5 nitrogen and oxygen atoms in total. The summed E-state index contributed by atoms with van der Waals surface area (Å²) in [6, 6.07) is 6.66. The molecule has 0 aromatic heterocycles. The molecule has 0 aliphatic rings. The number of anilines is 1. The van der Waals surface area contributed by atoms with E-state index in [1.165, 1.54) is 13.8 Å². The van der Waals surface area contributed by atoms with E-state index in [9.17, 15) is 14.4 Å². The minimum atomic E-state index is -0.181. The molecule has 1 aromatic carbocycles. The van der Waals surface area contributed by atoms with Crippen molar-refractivity contribution in [2.45, 2.75) is 20.3 Å². The van der Waals surface area contributed by atoms with Crippen molar-refractivity contribution in [1.29, 1.82) is 0 Å². The van der Waals surface area contributed by atoms with Crippen LogP contribution < -0.4 is 10.6 Å².